The maximum Gasteiger partial charge on any atom is 0.335 e. The van der Waals surface area contributed by atoms with E-state index in [1.165, 1.54) is 6.92 Å². The Morgan fingerprint density at radius 3 is 2.21 bits per heavy atom. The summed E-state index contributed by atoms with van der Waals surface area (Å²) in [5.41, 5.74) is -1.03. The first-order chi connectivity index (χ1) is 11.1. The topological polar surface area (TPSA) is 74.7 Å². The van der Waals surface area contributed by atoms with E-state index in [4.69, 9.17) is 5.11 Å². The summed E-state index contributed by atoms with van der Waals surface area (Å²) in [6.07, 6.45) is 0. The number of rotatable bonds is 4. The SMILES string of the molecule is Cc1c(F)cc(C(=O)O)cc1S(=O)(=O)N(C)c1ccc(F)c(F)c1. The van der Waals surface area contributed by atoms with Gasteiger partial charge in [-0.15, -0.1) is 0 Å². The van der Waals surface area contributed by atoms with Crippen LogP contribution < -0.4 is 4.31 Å². The Morgan fingerprint density at radius 1 is 1.04 bits per heavy atom. The third-order valence-electron chi connectivity index (χ3n) is 3.45. The molecule has 2 aromatic carbocycles. The molecule has 0 saturated carbocycles. The highest BCUT2D eigenvalue weighted by molar-refractivity contribution is 7.92. The highest BCUT2D eigenvalue weighted by atomic mass is 32.2. The van der Waals surface area contributed by atoms with Crippen LogP contribution in [0.2, 0.25) is 0 Å². The zero-order chi connectivity index (χ0) is 18.2. The molecule has 0 atom stereocenters. The van der Waals surface area contributed by atoms with E-state index in [9.17, 15) is 26.4 Å². The van der Waals surface area contributed by atoms with E-state index in [0.29, 0.717) is 16.4 Å². The minimum atomic E-state index is -4.39. The molecule has 0 heterocycles. The second-order valence-electron chi connectivity index (χ2n) is 4.96. The zero-order valence-electron chi connectivity index (χ0n) is 12.5. The van der Waals surface area contributed by atoms with Gasteiger partial charge in [-0.25, -0.2) is 26.4 Å². The smallest absolute Gasteiger partial charge is 0.335 e. The van der Waals surface area contributed by atoms with Crippen molar-refractivity contribution in [3.8, 4) is 0 Å². The van der Waals surface area contributed by atoms with Crippen molar-refractivity contribution in [2.45, 2.75) is 11.8 Å². The summed E-state index contributed by atoms with van der Waals surface area (Å²) in [5.74, 6) is -4.91. The number of hydrogen-bond donors (Lipinski definition) is 1. The molecule has 0 amide bonds. The fraction of sp³-hybridized carbons (Fsp3) is 0.133. The third-order valence-corrected chi connectivity index (χ3v) is 5.36. The number of sulfonamides is 1. The average molecular weight is 359 g/mol. The van der Waals surface area contributed by atoms with Gasteiger partial charge in [0.1, 0.15) is 5.82 Å². The summed E-state index contributed by atoms with van der Waals surface area (Å²) in [6, 6.07) is 3.96. The van der Waals surface area contributed by atoms with Crippen molar-refractivity contribution in [1.29, 1.82) is 0 Å². The van der Waals surface area contributed by atoms with Gasteiger partial charge in [-0.05, 0) is 31.2 Å². The van der Waals surface area contributed by atoms with Gasteiger partial charge in [0.2, 0.25) is 0 Å². The number of anilines is 1. The lowest BCUT2D eigenvalue weighted by Gasteiger charge is -2.21. The van der Waals surface area contributed by atoms with Crippen molar-refractivity contribution >= 4 is 21.7 Å². The quantitative estimate of drug-likeness (QED) is 0.911. The molecule has 24 heavy (non-hydrogen) atoms. The maximum absolute atomic E-state index is 13.9. The lowest BCUT2D eigenvalue weighted by molar-refractivity contribution is 0.0696. The molecule has 128 valence electrons. The van der Waals surface area contributed by atoms with Crippen LogP contribution >= 0.6 is 0 Å². The number of carboxylic acids is 1. The minimum Gasteiger partial charge on any atom is -0.478 e. The number of aromatic carboxylic acids is 1. The van der Waals surface area contributed by atoms with E-state index < -0.39 is 43.9 Å². The lowest BCUT2D eigenvalue weighted by atomic mass is 10.1. The molecule has 0 aliphatic carbocycles. The van der Waals surface area contributed by atoms with Crippen molar-refractivity contribution in [3.05, 3.63) is 58.9 Å². The van der Waals surface area contributed by atoms with Crippen molar-refractivity contribution < 1.29 is 31.5 Å². The molecule has 9 heteroatoms. The second kappa shape index (κ2) is 6.16. The number of carboxylic acid groups (broad SMARTS) is 1. The predicted molar refractivity (Wildman–Crippen MR) is 80.0 cm³/mol. The molecule has 0 spiro atoms. The van der Waals surface area contributed by atoms with E-state index in [1.807, 2.05) is 0 Å². The molecular weight excluding hydrogens is 347 g/mol. The standard InChI is InChI=1S/C15H12F3NO4S/c1-8-12(17)5-9(15(20)21)6-14(8)24(22,23)19(2)10-3-4-11(16)13(18)7-10/h3-7H,1-2H3,(H,20,21). The van der Waals surface area contributed by atoms with Crippen LogP contribution in [0.1, 0.15) is 15.9 Å². The molecule has 0 bridgehead atoms. The maximum atomic E-state index is 13.9. The molecular formula is C15H12F3NO4S. The summed E-state index contributed by atoms with van der Waals surface area (Å²) in [7, 11) is -3.33. The third kappa shape index (κ3) is 3.07. The van der Waals surface area contributed by atoms with Gasteiger partial charge in [0, 0.05) is 18.7 Å². The molecule has 0 aliphatic heterocycles. The monoisotopic (exact) mass is 359 g/mol. The van der Waals surface area contributed by atoms with Crippen molar-refractivity contribution in [2.75, 3.05) is 11.4 Å². The Balaban J connectivity index is 2.61. The van der Waals surface area contributed by atoms with Crippen LogP contribution in [0.5, 0.6) is 0 Å². The zero-order valence-corrected chi connectivity index (χ0v) is 13.4. The van der Waals surface area contributed by atoms with E-state index in [-0.39, 0.29) is 11.3 Å². The molecule has 2 rings (SSSR count). The highest BCUT2D eigenvalue weighted by Gasteiger charge is 2.27. The van der Waals surface area contributed by atoms with Gasteiger partial charge < -0.3 is 5.11 Å². The normalized spacial score (nSPS) is 11.4. The second-order valence-corrected chi connectivity index (χ2v) is 6.89. The molecule has 0 fully saturated rings. The molecule has 0 saturated heterocycles. The van der Waals surface area contributed by atoms with Gasteiger partial charge in [0.05, 0.1) is 16.1 Å². The largest absolute Gasteiger partial charge is 0.478 e. The molecule has 5 nitrogen and oxygen atoms in total. The molecule has 2 aromatic rings. The first-order valence-corrected chi connectivity index (χ1v) is 7.97. The van der Waals surface area contributed by atoms with Crippen LogP contribution in [-0.2, 0) is 10.0 Å². The molecule has 0 aromatic heterocycles. The van der Waals surface area contributed by atoms with E-state index >= 15 is 0 Å². The van der Waals surface area contributed by atoms with Crippen LogP contribution in [0.4, 0.5) is 18.9 Å². The Labute approximate surface area is 136 Å². The van der Waals surface area contributed by atoms with Crippen LogP contribution in [0.3, 0.4) is 0 Å². The number of benzene rings is 2. The number of halogens is 3. The summed E-state index contributed by atoms with van der Waals surface area (Å²) in [5, 5.41) is 8.95. The summed E-state index contributed by atoms with van der Waals surface area (Å²) < 4.78 is 66.0. The van der Waals surface area contributed by atoms with Gasteiger partial charge in [0.25, 0.3) is 10.0 Å². The number of hydrogen-bond acceptors (Lipinski definition) is 3. The number of nitrogens with zero attached hydrogens (tertiary/aromatic N) is 1. The fourth-order valence-corrected chi connectivity index (χ4v) is 3.46. The average Bonchev–Trinajstić information content (AvgIpc) is 2.51. The van der Waals surface area contributed by atoms with Crippen LogP contribution in [-0.4, -0.2) is 26.5 Å². The van der Waals surface area contributed by atoms with Crippen LogP contribution in [0.25, 0.3) is 0 Å². The van der Waals surface area contributed by atoms with E-state index in [2.05, 4.69) is 0 Å². The Hall–Kier alpha value is -2.55. The fourth-order valence-electron chi connectivity index (χ4n) is 2.01. The van der Waals surface area contributed by atoms with Gasteiger partial charge in [-0.2, -0.15) is 0 Å². The Morgan fingerprint density at radius 2 is 1.67 bits per heavy atom. The van der Waals surface area contributed by atoms with E-state index in [1.54, 1.807) is 0 Å². The number of carbonyl (C=O) groups is 1. The van der Waals surface area contributed by atoms with Crippen LogP contribution in [0.15, 0.2) is 35.2 Å². The van der Waals surface area contributed by atoms with Gasteiger partial charge in [0.15, 0.2) is 11.6 Å². The first-order valence-electron chi connectivity index (χ1n) is 6.53. The molecule has 1 N–H and O–H groups in total. The van der Waals surface area contributed by atoms with E-state index in [0.717, 1.165) is 25.2 Å². The summed E-state index contributed by atoms with van der Waals surface area (Å²) in [4.78, 5) is 10.4. The van der Waals surface area contributed by atoms with Crippen LogP contribution in [0, 0.1) is 24.4 Å². The summed E-state index contributed by atoms with van der Waals surface area (Å²) >= 11 is 0. The van der Waals surface area contributed by atoms with Gasteiger partial charge in [-0.3, -0.25) is 4.31 Å². The molecule has 0 unspecified atom stereocenters. The van der Waals surface area contributed by atoms with Crippen molar-refractivity contribution in [1.82, 2.24) is 0 Å². The highest BCUT2D eigenvalue weighted by Crippen LogP contribution is 2.27. The predicted octanol–water partition coefficient (Wildman–Crippen LogP) is 2.94. The van der Waals surface area contributed by atoms with Gasteiger partial charge in [-0.1, -0.05) is 0 Å². The van der Waals surface area contributed by atoms with Crippen molar-refractivity contribution in [2.24, 2.45) is 0 Å². The molecule has 0 radical (unpaired) electrons. The lowest BCUT2D eigenvalue weighted by Crippen LogP contribution is -2.28. The van der Waals surface area contributed by atoms with Crippen molar-refractivity contribution in [3.63, 3.8) is 0 Å². The molecule has 0 aliphatic rings. The Bertz CT molecular complexity index is 929. The van der Waals surface area contributed by atoms with Gasteiger partial charge >= 0.3 is 5.97 Å². The first kappa shape index (κ1) is 17.8. The summed E-state index contributed by atoms with van der Waals surface area (Å²) in [6.45, 7) is 1.17. The minimum absolute atomic E-state index is 0.200. The Kier molecular flexibility index (Phi) is 4.57.